The summed E-state index contributed by atoms with van der Waals surface area (Å²) in [6.07, 6.45) is 0. The number of para-hydroxylation sites is 1. The van der Waals surface area contributed by atoms with Gasteiger partial charge < -0.3 is 10.2 Å². The zero-order valence-electron chi connectivity index (χ0n) is 22.9. The standard InChI is InChI=1S/C30H37N3O4S/c1-21(2)31-30(35)25(6)32(19-26-12-9-10-23(4)18-26)29(34)20-33(28-13-8-7-11-24(28)5)38(36,37)27-16-14-22(3)15-17-27/h7-18,21,25H,19-20H2,1-6H3,(H,31,35)/t25-/m1/s1. The summed E-state index contributed by atoms with van der Waals surface area (Å²) in [7, 11) is -4.08. The van der Waals surface area contributed by atoms with Gasteiger partial charge in [-0.3, -0.25) is 13.9 Å². The number of nitrogens with one attached hydrogen (secondary N) is 1. The predicted octanol–water partition coefficient (Wildman–Crippen LogP) is 4.75. The Kier molecular flexibility index (Phi) is 9.33. The molecule has 3 aromatic rings. The van der Waals surface area contributed by atoms with Crippen molar-refractivity contribution in [2.75, 3.05) is 10.8 Å². The molecule has 7 nitrogen and oxygen atoms in total. The fourth-order valence-electron chi connectivity index (χ4n) is 4.19. The summed E-state index contributed by atoms with van der Waals surface area (Å²) in [6, 6.07) is 20.4. The molecule has 0 bridgehead atoms. The summed E-state index contributed by atoms with van der Waals surface area (Å²) in [4.78, 5) is 28.5. The normalized spacial score (nSPS) is 12.2. The van der Waals surface area contributed by atoms with Gasteiger partial charge >= 0.3 is 0 Å². The molecule has 0 aliphatic heterocycles. The number of rotatable bonds is 10. The van der Waals surface area contributed by atoms with E-state index in [0.717, 1.165) is 21.0 Å². The van der Waals surface area contributed by atoms with Crippen LogP contribution in [0.4, 0.5) is 5.69 Å². The zero-order chi connectivity index (χ0) is 28.0. The Morgan fingerprint density at radius 2 is 1.50 bits per heavy atom. The van der Waals surface area contributed by atoms with Gasteiger partial charge in [-0.1, -0.05) is 65.7 Å². The SMILES string of the molecule is Cc1ccc(S(=O)(=O)N(CC(=O)N(Cc2cccc(C)c2)[C@H](C)C(=O)NC(C)C)c2ccccc2C)cc1. The number of hydrogen-bond acceptors (Lipinski definition) is 4. The maximum absolute atomic E-state index is 13.9. The minimum Gasteiger partial charge on any atom is -0.352 e. The van der Waals surface area contributed by atoms with E-state index in [1.165, 1.54) is 4.90 Å². The second kappa shape index (κ2) is 12.3. The van der Waals surface area contributed by atoms with Crippen LogP contribution in [0.15, 0.2) is 77.7 Å². The van der Waals surface area contributed by atoms with Crippen LogP contribution in [0.5, 0.6) is 0 Å². The Balaban J connectivity index is 2.05. The van der Waals surface area contributed by atoms with Gasteiger partial charge in [-0.05, 0) is 70.9 Å². The molecule has 202 valence electrons. The minimum absolute atomic E-state index is 0.0926. The first-order chi connectivity index (χ1) is 17.9. The first-order valence-electron chi connectivity index (χ1n) is 12.7. The summed E-state index contributed by atoms with van der Waals surface area (Å²) in [6.45, 7) is 10.7. The number of nitrogens with zero attached hydrogens (tertiary/aromatic N) is 2. The predicted molar refractivity (Wildman–Crippen MR) is 151 cm³/mol. The third-order valence-electron chi connectivity index (χ3n) is 6.31. The monoisotopic (exact) mass is 535 g/mol. The van der Waals surface area contributed by atoms with Crippen LogP contribution in [0.3, 0.4) is 0 Å². The van der Waals surface area contributed by atoms with E-state index in [4.69, 9.17) is 0 Å². The highest BCUT2D eigenvalue weighted by molar-refractivity contribution is 7.92. The van der Waals surface area contributed by atoms with Crippen molar-refractivity contribution in [3.63, 3.8) is 0 Å². The second-order valence-electron chi connectivity index (χ2n) is 9.96. The molecule has 2 amide bonds. The molecule has 0 spiro atoms. The quantitative estimate of drug-likeness (QED) is 0.406. The van der Waals surface area contributed by atoms with Crippen molar-refractivity contribution in [2.24, 2.45) is 0 Å². The van der Waals surface area contributed by atoms with E-state index in [-0.39, 0.29) is 23.4 Å². The van der Waals surface area contributed by atoms with Crippen molar-refractivity contribution in [1.29, 1.82) is 0 Å². The Morgan fingerprint density at radius 1 is 0.842 bits per heavy atom. The van der Waals surface area contributed by atoms with Gasteiger partial charge in [0.1, 0.15) is 12.6 Å². The van der Waals surface area contributed by atoms with Gasteiger partial charge in [0.25, 0.3) is 10.0 Å². The van der Waals surface area contributed by atoms with Gasteiger partial charge in [0, 0.05) is 12.6 Å². The van der Waals surface area contributed by atoms with Crippen LogP contribution >= 0.6 is 0 Å². The molecule has 3 rings (SSSR count). The van der Waals surface area contributed by atoms with Gasteiger partial charge in [-0.25, -0.2) is 8.42 Å². The fourth-order valence-corrected chi connectivity index (χ4v) is 5.67. The van der Waals surface area contributed by atoms with E-state index in [2.05, 4.69) is 5.32 Å². The first kappa shape index (κ1) is 28.9. The molecular formula is C30H37N3O4S. The third-order valence-corrected chi connectivity index (χ3v) is 8.08. The highest BCUT2D eigenvalue weighted by atomic mass is 32.2. The molecule has 8 heteroatoms. The summed E-state index contributed by atoms with van der Waals surface area (Å²) in [5, 5.41) is 2.87. The molecule has 0 aromatic heterocycles. The lowest BCUT2D eigenvalue weighted by atomic mass is 10.1. The van der Waals surface area contributed by atoms with Crippen molar-refractivity contribution < 1.29 is 18.0 Å². The molecule has 0 saturated carbocycles. The van der Waals surface area contributed by atoms with Crippen molar-refractivity contribution >= 4 is 27.5 Å². The van der Waals surface area contributed by atoms with E-state index < -0.39 is 28.5 Å². The molecule has 0 radical (unpaired) electrons. The van der Waals surface area contributed by atoms with Gasteiger partial charge in [-0.2, -0.15) is 0 Å². The number of carbonyl (C=O) groups excluding carboxylic acids is 2. The van der Waals surface area contributed by atoms with Crippen LogP contribution in [0.2, 0.25) is 0 Å². The lowest BCUT2D eigenvalue weighted by Gasteiger charge is -2.32. The van der Waals surface area contributed by atoms with Crippen molar-refractivity contribution in [3.05, 3.63) is 95.1 Å². The van der Waals surface area contributed by atoms with Gasteiger partial charge in [0.15, 0.2) is 0 Å². The number of sulfonamides is 1. The molecule has 0 fully saturated rings. The Bertz CT molecular complexity index is 1380. The number of anilines is 1. The molecule has 0 aliphatic carbocycles. The summed E-state index contributed by atoms with van der Waals surface area (Å²) < 4.78 is 28.9. The minimum atomic E-state index is -4.08. The maximum atomic E-state index is 13.9. The average Bonchev–Trinajstić information content (AvgIpc) is 2.85. The fraction of sp³-hybridized carbons (Fsp3) is 0.333. The van der Waals surface area contributed by atoms with E-state index >= 15 is 0 Å². The molecule has 1 atom stereocenters. The number of amides is 2. The number of aryl methyl sites for hydroxylation is 3. The second-order valence-corrected chi connectivity index (χ2v) is 11.8. The smallest absolute Gasteiger partial charge is 0.264 e. The van der Waals surface area contributed by atoms with Crippen LogP contribution in [-0.2, 0) is 26.2 Å². The van der Waals surface area contributed by atoms with Crippen LogP contribution in [0, 0.1) is 20.8 Å². The Labute approximate surface area is 226 Å². The molecule has 0 heterocycles. The van der Waals surface area contributed by atoms with E-state index in [0.29, 0.717) is 11.3 Å². The number of hydrogen-bond donors (Lipinski definition) is 1. The molecule has 3 aromatic carbocycles. The van der Waals surface area contributed by atoms with Crippen LogP contribution in [0.25, 0.3) is 0 Å². The van der Waals surface area contributed by atoms with Gasteiger partial charge in [0.05, 0.1) is 10.6 Å². The first-order valence-corrected chi connectivity index (χ1v) is 14.1. The lowest BCUT2D eigenvalue weighted by molar-refractivity contribution is -0.139. The lowest BCUT2D eigenvalue weighted by Crippen LogP contribution is -2.52. The molecule has 1 N–H and O–H groups in total. The van der Waals surface area contributed by atoms with E-state index in [9.17, 15) is 18.0 Å². The highest BCUT2D eigenvalue weighted by Gasteiger charge is 2.33. The summed E-state index contributed by atoms with van der Waals surface area (Å²) in [5.74, 6) is -0.776. The molecule has 0 aliphatic rings. The van der Waals surface area contributed by atoms with Crippen molar-refractivity contribution in [3.8, 4) is 0 Å². The largest absolute Gasteiger partial charge is 0.352 e. The zero-order valence-corrected chi connectivity index (χ0v) is 23.7. The number of benzene rings is 3. The molecule has 0 saturated heterocycles. The van der Waals surface area contributed by atoms with Gasteiger partial charge in [-0.15, -0.1) is 0 Å². The Morgan fingerprint density at radius 3 is 2.11 bits per heavy atom. The van der Waals surface area contributed by atoms with Crippen molar-refractivity contribution in [1.82, 2.24) is 10.2 Å². The highest BCUT2D eigenvalue weighted by Crippen LogP contribution is 2.27. The van der Waals surface area contributed by atoms with Gasteiger partial charge in [0.2, 0.25) is 11.8 Å². The average molecular weight is 536 g/mol. The molecule has 38 heavy (non-hydrogen) atoms. The third kappa shape index (κ3) is 7.01. The molecular weight excluding hydrogens is 498 g/mol. The van der Waals surface area contributed by atoms with Crippen LogP contribution in [0.1, 0.15) is 43.0 Å². The molecule has 0 unspecified atom stereocenters. The summed E-state index contributed by atoms with van der Waals surface area (Å²) >= 11 is 0. The van der Waals surface area contributed by atoms with E-state index in [1.807, 2.05) is 58.0 Å². The number of carbonyl (C=O) groups is 2. The van der Waals surface area contributed by atoms with Crippen LogP contribution in [-0.4, -0.2) is 43.8 Å². The van der Waals surface area contributed by atoms with Crippen LogP contribution < -0.4 is 9.62 Å². The Hall–Kier alpha value is -3.65. The van der Waals surface area contributed by atoms with Crippen molar-refractivity contribution in [2.45, 2.75) is 65.1 Å². The van der Waals surface area contributed by atoms with E-state index in [1.54, 1.807) is 56.3 Å². The maximum Gasteiger partial charge on any atom is 0.264 e. The summed E-state index contributed by atoms with van der Waals surface area (Å²) in [5.41, 5.74) is 3.93. The topological polar surface area (TPSA) is 86.8 Å².